The molecule has 0 N–H and O–H groups in total. The number of aromatic nitrogens is 3. The molecule has 3 nitrogen and oxygen atoms in total. The van der Waals surface area contributed by atoms with Gasteiger partial charge in [-0.05, 0) is 24.6 Å². The van der Waals surface area contributed by atoms with Gasteiger partial charge >= 0.3 is 0 Å². The molecule has 0 atom stereocenters. The quantitative estimate of drug-likeness (QED) is 0.361. The molecular formula is C22H18ClN3. The van der Waals surface area contributed by atoms with Gasteiger partial charge in [0.2, 0.25) is 0 Å². The van der Waals surface area contributed by atoms with Crippen molar-refractivity contribution in [2.24, 2.45) is 0 Å². The zero-order valence-corrected chi connectivity index (χ0v) is 15.2. The Morgan fingerprint density at radius 3 is 2.27 bits per heavy atom. The number of halogens is 1. The van der Waals surface area contributed by atoms with E-state index >= 15 is 0 Å². The number of nitrogens with zero attached hydrogens (tertiary/aromatic N) is 3. The van der Waals surface area contributed by atoms with Crippen molar-refractivity contribution in [2.45, 2.75) is 6.92 Å². The van der Waals surface area contributed by atoms with Gasteiger partial charge in [-0.15, -0.1) is 16.7 Å². The summed E-state index contributed by atoms with van der Waals surface area (Å²) in [4.78, 5) is 0. The van der Waals surface area contributed by atoms with Gasteiger partial charge in [-0.3, -0.25) is 0 Å². The van der Waals surface area contributed by atoms with Gasteiger partial charge in [0.05, 0.1) is 17.1 Å². The predicted molar refractivity (Wildman–Crippen MR) is 108 cm³/mol. The first kappa shape index (κ1) is 16.6. The van der Waals surface area contributed by atoms with Crippen LogP contribution >= 0.6 is 11.6 Å². The Kier molecular flexibility index (Phi) is 4.55. The van der Waals surface area contributed by atoms with Gasteiger partial charge in [0, 0.05) is 11.1 Å². The summed E-state index contributed by atoms with van der Waals surface area (Å²) in [5.41, 5.74) is 7.16. The van der Waals surface area contributed by atoms with E-state index in [1.165, 1.54) is 5.56 Å². The second kappa shape index (κ2) is 7.14. The van der Waals surface area contributed by atoms with Crippen LogP contribution in [0.4, 0.5) is 0 Å². The fourth-order valence-electron chi connectivity index (χ4n) is 3.09. The van der Waals surface area contributed by atoms with Crippen LogP contribution in [-0.2, 0) is 0 Å². The first-order valence-corrected chi connectivity index (χ1v) is 9.04. The normalized spacial score (nSPS) is 12.2. The molecule has 4 rings (SSSR count). The topological polar surface area (TPSA) is 30.7 Å². The number of rotatable bonds is 4. The Morgan fingerprint density at radius 1 is 0.846 bits per heavy atom. The van der Waals surface area contributed by atoms with E-state index in [2.05, 4.69) is 53.6 Å². The maximum Gasteiger partial charge on any atom is 0.113 e. The molecule has 3 aromatic carbocycles. The zero-order valence-electron chi connectivity index (χ0n) is 14.4. The summed E-state index contributed by atoms with van der Waals surface area (Å²) in [5, 5.41) is 8.76. The maximum absolute atomic E-state index is 6.44. The lowest BCUT2D eigenvalue weighted by molar-refractivity contribution is 0.841. The molecule has 0 saturated carbocycles. The summed E-state index contributed by atoms with van der Waals surface area (Å²) in [5.74, 6) is 0.376. The average Bonchev–Trinajstić information content (AvgIpc) is 3.11. The van der Waals surface area contributed by atoms with Crippen molar-refractivity contribution < 1.29 is 0 Å². The van der Waals surface area contributed by atoms with E-state index in [0.29, 0.717) is 5.88 Å². The minimum Gasteiger partial charge on any atom is -0.212 e. The van der Waals surface area contributed by atoms with Gasteiger partial charge in [-0.25, -0.2) is 4.68 Å². The number of hydrogen-bond donors (Lipinski definition) is 0. The van der Waals surface area contributed by atoms with Crippen molar-refractivity contribution in [2.75, 3.05) is 5.88 Å². The molecule has 1 heterocycles. The van der Waals surface area contributed by atoms with Crippen LogP contribution in [0.25, 0.3) is 22.3 Å². The van der Waals surface area contributed by atoms with Crippen LogP contribution < -0.4 is 0 Å². The Labute approximate surface area is 157 Å². The Hall–Kier alpha value is -2.91. The van der Waals surface area contributed by atoms with Crippen LogP contribution in [0, 0.1) is 6.92 Å². The number of para-hydroxylation sites is 1. The van der Waals surface area contributed by atoms with Gasteiger partial charge in [-0.2, -0.15) is 0 Å². The molecule has 0 saturated heterocycles. The number of allylic oxidation sites excluding steroid dienone is 1. The third kappa shape index (κ3) is 3.02. The monoisotopic (exact) mass is 359 g/mol. The molecule has 0 aliphatic heterocycles. The second-order valence-corrected chi connectivity index (χ2v) is 6.45. The van der Waals surface area contributed by atoms with Gasteiger partial charge in [-0.1, -0.05) is 77.5 Å². The summed E-state index contributed by atoms with van der Waals surface area (Å²) in [6.07, 6.45) is 0. The van der Waals surface area contributed by atoms with Crippen molar-refractivity contribution in [3.05, 3.63) is 95.6 Å². The highest BCUT2D eigenvalue weighted by atomic mass is 35.5. The molecule has 0 amide bonds. The van der Waals surface area contributed by atoms with Crippen LogP contribution in [0.1, 0.15) is 16.7 Å². The summed E-state index contributed by atoms with van der Waals surface area (Å²) in [6, 6.07) is 26.6. The van der Waals surface area contributed by atoms with E-state index in [0.717, 1.165) is 33.4 Å². The molecule has 0 aliphatic carbocycles. The second-order valence-electron chi connectivity index (χ2n) is 6.18. The first-order chi connectivity index (χ1) is 12.8. The Balaban J connectivity index is 2.03. The number of alkyl halides is 1. The summed E-state index contributed by atoms with van der Waals surface area (Å²) in [7, 11) is 0. The SMILES string of the molecule is Cc1ccc(/C(CCl)=C(/c2ccccc2)n2nnc3ccccc32)cc1. The molecule has 128 valence electrons. The number of hydrogen-bond acceptors (Lipinski definition) is 2. The van der Waals surface area contributed by atoms with Crippen LogP contribution in [0.15, 0.2) is 78.9 Å². The highest BCUT2D eigenvalue weighted by molar-refractivity contribution is 6.25. The van der Waals surface area contributed by atoms with E-state index in [9.17, 15) is 0 Å². The molecular weight excluding hydrogens is 342 g/mol. The lowest BCUT2D eigenvalue weighted by atomic mass is 9.99. The maximum atomic E-state index is 6.44. The number of benzene rings is 3. The smallest absolute Gasteiger partial charge is 0.113 e. The van der Waals surface area contributed by atoms with E-state index in [1.54, 1.807) is 0 Å². The van der Waals surface area contributed by atoms with E-state index in [4.69, 9.17) is 11.6 Å². The molecule has 26 heavy (non-hydrogen) atoms. The minimum absolute atomic E-state index is 0.376. The van der Waals surface area contributed by atoms with Gasteiger partial charge < -0.3 is 0 Å². The van der Waals surface area contributed by atoms with Crippen molar-refractivity contribution >= 4 is 33.9 Å². The number of fused-ring (bicyclic) bond motifs is 1. The average molecular weight is 360 g/mol. The van der Waals surface area contributed by atoms with E-state index in [1.807, 2.05) is 47.1 Å². The fraction of sp³-hybridized carbons (Fsp3) is 0.0909. The van der Waals surface area contributed by atoms with E-state index < -0.39 is 0 Å². The van der Waals surface area contributed by atoms with Crippen LogP contribution in [0.5, 0.6) is 0 Å². The van der Waals surface area contributed by atoms with Crippen molar-refractivity contribution in [3.63, 3.8) is 0 Å². The highest BCUT2D eigenvalue weighted by Gasteiger charge is 2.17. The molecule has 0 unspecified atom stereocenters. The molecule has 4 heteroatoms. The van der Waals surface area contributed by atoms with E-state index in [-0.39, 0.29) is 0 Å². The fourth-order valence-corrected chi connectivity index (χ4v) is 3.37. The van der Waals surface area contributed by atoms with Gasteiger partial charge in [0.25, 0.3) is 0 Å². The van der Waals surface area contributed by atoms with Crippen LogP contribution in [0.3, 0.4) is 0 Å². The molecule has 0 spiro atoms. The summed E-state index contributed by atoms with van der Waals surface area (Å²) >= 11 is 6.44. The molecule has 0 bridgehead atoms. The van der Waals surface area contributed by atoms with Gasteiger partial charge in [0.1, 0.15) is 5.52 Å². The van der Waals surface area contributed by atoms with Crippen molar-refractivity contribution in [1.82, 2.24) is 15.0 Å². The standard InChI is InChI=1S/C22H18ClN3/c1-16-11-13-17(14-12-16)19(15-23)22(18-7-3-2-4-8-18)26-21-10-6-5-9-20(21)24-25-26/h2-14H,15H2,1H3/b22-19-. The Bertz CT molecular complexity index is 1060. The molecule has 0 aliphatic rings. The van der Waals surface area contributed by atoms with Crippen LogP contribution in [0.2, 0.25) is 0 Å². The Morgan fingerprint density at radius 2 is 1.54 bits per heavy atom. The molecule has 0 radical (unpaired) electrons. The zero-order chi connectivity index (χ0) is 17.9. The third-order valence-electron chi connectivity index (χ3n) is 4.43. The summed E-state index contributed by atoms with van der Waals surface area (Å²) < 4.78 is 1.89. The lowest BCUT2D eigenvalue weighted by Crippen LogP contribution is -2.06. The first-order valence-electron chi connectivity index (χ1n) is 8.50. The predicted octanol–water partition coefficient (Wildman–Crippen LogP) is 5.40. The minimum atomic E-state index is 0.376. The highest BCUT2D eigenvalue weighted by Crippen LogP contribution is 2.30. The molecule has 1 aromatic heterocycles. The number of aryl methyl sites for hydroxylation is 1. The third-order valence-corrected chi connectivity index (χ3v) is 4.70. The molecule has 4 aromatic rings. The van der Waals surface area contributed by atoms with Crippen LogP contribution in [-0.4, -0.2) is 20.9 Å². The lowest BCUT2D eigenvalue weighted by Gasteiger charge is -2.15. The summed E-state index contributed by atoms with van der Waals surface area (Å²) in [6.45, 7) is 2.08. The van der Waals surface area contributed by atoms with Gasteiger partial charge in [0.15, 0.2) is 0 Å². The van der Waals surface area contributed by atoms with Crippen molar-refractivity contribution in [3.8, 4) is 0 Å². The molecule has 0 fully saturated rings. The van der Waals surface area contributed by atoms with Crippen molar-refractivity contribution in [1.29, 1.82) is 0 Å². The largest absolute Gasteiger partial charge is 0.212 e.